The molecule has 5 nitrogen and oxygen atoms in total. The Labute approximate surface area is 191 Å². The van der Waals surface area contributed by atoms with Crippen molar-refractivity contribution in [1.29, 1.82) is 0 Å². The van der Waals surface area contributed by atoms with Crippen LogP contribution in [0.25, 0.3) is 10.9 Å². The van der Waals surface area contributed by atoms with Gasteiger partial charge in [-0.3, -0.25) is 0 Å². The Hall–Kier alpha value is -2.58. The summed E-state index contributed by atoms with van der Waals surface area (Å²) in [5, 5.41) is 13.6. The smallest absolute Gasteiger partial charge is 0.393 e. The molecule has 9 heteroatoms. The van der Waals surface area contributed by atoms with Gasteiger partial charge in [-0.05, 0) is 54.7 Å². The van der Waals surface area contributed by atoms with Gasteiger partial charge >= 0.3 is 6.18 Å². The molecule has 0 spiro atoms. The highest BCUT2D eigenvalue weighted by molar-refractivity contribution is 5.90. The number of aromatic hydroxyl groups is 1. The van der Waals surface area contributed by atoms with Crippen LogP contribution in [-0.2, 0) is 13.0 Å². The molecule has 1 fully saturated rings. The van der Waals surface area contributed by atoms with E-state index in [1.54, 1.807) is 24.3 Å². The van der Waals surface area contributed by atoms with E-state index < -0.39 is 12.6 Å². The molecule has 0 unspecified atom stereocenters. The molecule has 1 saturated carbocycles. The maximum atomic E-state index is 12.8. The Balaban J connectivity index is 0.00000289. The fraction of sp³-hybridized carbons (Fsp3) is 0.391. The lowest BCUT2D eigenvalue weighted by Crippen LogP contribution is -2.33. The molecule has 0 aliphatic heterocycles. The number of halogens is 4. The molecule has 0 bridgehead atoms. The van der Waals surface area contributed by atoms with Gasteiger partial charge in [-0.25, -0.2) is 9.97 Å². The number of aromatic nitrogens is 2. The van der Waals surface area contributed by atoms with Crippen LogP contribution in [0.4, 0.5) is 19.0 Å². The van der Waals surface area contributed by atoms with Gasteiger partial charge in [0, 0.05) is 31.1 Å². The van der Waals surface area contributed by atoms with Gasteiger partial charge in [0.2, 0.25) is 0 Å². The molecule has 3 aromatic rings. The molecule has 1 aliphatic rings. The molecule has 32 heavy (non-hydrogen) atoms. The van der Waals surface area contributed by atoms with Gasteiger partial charge in [-0.15, -0.1) is 12.4 Å². The summed E-state index contributed by atoms with van der Waals surface area (Å²) in [5.74, 6) is 0.917. The minimum absolute atomic E-state index is 0. The number of anilines is 1. The fourth-order valence-electron chi connectivity index (χ4n) is 4.26. The molecule has 2 atom stereocenters. The zero-order valence-electron chi connectivity index (χ0n) is 17.6. The number of rotatable bonds is 6. The molecule has 2 aromatic carbocycles. The maximum Gasteiger partial charge on any atom is 0.393 e. The number of hydrogen-bond acceptors (Lipinski definition) is 5. The Morgan fingerprint density at radius 1 is 1.06 bits per heavy atom. The van der Waals surface area contributed by atoms with Crippen LogP contribution in [0.15, 0.2) is 48.8 Å². The van der Waals surface area contributed by atoms with Crippen LogP contribution in [0.5, 0.6) is 5.75 Å². The van der Waals surface area contributed by atoms with Crippen LogP contribution in [0, 0.1) is 0 Å². The Morgan fingerprint density at radius 3 is 2.50 bits per heavy atom. The van der Waals surface area contributed by atoms with Crippen LogP contribution in [0.1, 0.15) is 30.4 Å². The highest BCUT2D eigenvalue weighted by Crippen LogP contribution is 2.32. The summed E-state index contributed by atoms with van der Waals surface area (Å²) in [6.07, 6.45) is -0.854. The third kappa shape index (κ3) is 5.81. The van der Waals surface area contributed by atoms with E-state index in [2.05, 4.69) is 20.2 Å². The number of nitrogens with zero attached hydrogens (tertiary/aromatic N) is 3. The van der Waals surface area contributed by atoms with E-state index in [1.807, 2.05) is 19.2 Å². The van der Waals surface area contributed by atoms with E-state index in [0.717, 1.165) is 31.4 Å². The first-order valence-electron chi connectivity index (χ1n) is 10.3. The maximum absolute atomic E-state index is 12.8. The minimum atomic E-state index is -4.25. The molecule has 4 rings (SSSR count). The van der Waals surface area contributed by atoms with Crippen molar-refractivity contribution in [3.63, 3.8) is 0 Å². The van der Waals surface area contributed by atoms with E-state index in [0.29, 0.717) is 22.8 Å². The Kier molecular flexibility index (Phi) is 7.46. The highest BCUT2D eigenvalue weighted by Gasteiger charge is 2.30. The molecule has 1 aliphatic carbocycles. The van der Waals surface area contributed by atoms with Gasteiger partial charge in [-0.2, -0.15) is 13.2 Å². The van der Waals surface area contributed by atoms with Gasteiger partial charge in [0.1, 0.15) is 17.9 Å². The van der Waals surface area contributed by atoms with Gasteiger partial charge in [-0.1, -0.05) is 18.2 Å². The SMILES string of the molecule is CN(c1ncnc2ccc(CC(F)(F)F)cc12)[C@@H]1CC[C@H](NCc2ccc(O)cc2)C1.Cl. The number of benzene rings is 2. The topological polar surface area (TPSA) is 61.3 Å². The van der Waals surface area contributed by atoms with Gasteiger partial charge in [0.25, 0.3) is 0 Å². The Morgan fingerprint density at radius 2 is 1.78 bits per heavy atom. The van der Waals surface area contributed by atoms with Crippen LogP contribution in [-0.4, -0.2) is 40.4 Å². The summed E-state index contributed by atoms with van der Waals surface area (Å²) in [4.78, 5) is 10.7. The van der Waals surface area contributed by atoms with Crippen LogP contribution < -0.4 is 10.2 Å². The van der Waals surface area contributed by atoms with Crippen molar-refractivity contribution in [2.24, 2.45) is 0 Å². The second kappa shape index (κ2) is 9.92. The third-order valence-electron chi connectivity index (χ3n) is 5.90. The average molecular weight is 467 g/mol. The number of hydrogen-bond donors (Lipinski definition) is 2. The van der Waals surface area contributed by atoms with Crippen molar-refractivity contribution in [1.82, 2.24) is 15.3 Å². The van der Waals surface area contributed by atoms with Crippen molar-refractivity contribution in [2.45, 2.75) is 50.5 Å². The summed E-state index contributed by atoms with van der Waals surface area (Å²) in [5.41, 5.74) is 1.96. The second-order valence-electron chi connectivity index (χ2n) is 8.16. The van der Waals surface area contributed by atoms with Crippen LogP contribution >= 0.6 is 12.4 Å². The second-order valence-corrected chi connectivity index (χ2v) is 8.16. The summed E-state index contributed by atoms with van der Waals surface area (Å²) in [6.45, 7) is 0.721. The highest BCUT2D eigenvalue weighted by atomic mass is 35.5. The van der Waals surface area contributed by atoms with Crippen molar-refractivity contribution >= 4 is 29.1 Å². The summed E-state index contributed by atoms with van der Waals surface area (Å²) in [6, 6.07) is 12.4. The lowest BCUT2D eigenvalue weighted by molar-refractivity contribution is -0.127. The van der Waals surface area contributed by atoms with Crippen LogP contribution in [0.2, 0.25) is 0 Å². The summed E-state index contributed by atoms with van der Waals surface area (Å²) in [7, 11) is 1.95. The number of fused-ring (bicyclic) bond motifs is 1. The van der Waals surface area contributed by atoms with Gasteiger partial charge in [0.15, 0.2) is 0 Å². The van der Waals surface area contributed by atoms with Crippen molar-refractivity contribution in [2.75, 3.05) is 11.9 Å². The Bertz CT molecular complexity index is 1050. The molecule has 0 saturated heterocycles. The summed E-state index contributed by atoms with van der Waals surface area (Å²) < 4.78 is 38.5. The lowest BCUT2D eigenvalue weighted by Gasteiger charge is -2.27. The first-order valence-corrected chi connectivity index (χ1v) is 10.3. The molecule has 2 N–H and O–H groups in total. The number of nitrogens with one attached hydrogen (secondary N) is 1. The standard InChI is InChI=1S/C23H25F3N4O.ClH/c1-30(18-6-5-17(11-18)27-13-15-2-7-19(31)8-3-15)22-20-10-16(12-23(24,25)26)4-9-21(20)28-14-29-22;/h2-4,7-10,14,17-18,27,31H,5-6,11-13H2,1H3;1H/t17-,18+;/m0./s1. The predicted octanol–water partition coefficient (Wildman–Crippen LogP) is 5.01. The number of phenolic OH excluding ortho intramolecular Hbond substituents is 1. The summed E-state index contributed by atoms with van der Waals surface area (Å²) >= 11 is 0. The van der Waals surface area contributed by atoms with Gasteiger partial charge in [0.05, 0.1) is 11.9 Å². The van der Waals surface area contributed by atoms with E-state index >= 15 is 0 Å². The fourth-order valence-corrected chi connectivity index (χ4v) is 4.26. The molecule has 0 amide bonds. The van der Waals surface area contributed by atoms with E-state index in [4.69, 9.17) is 0 Å². The van der Waals surface area contributed by atoms with Crippen molar-refractivity contribution in [3.05, 3.63) is 59.9 Å². The third-order valence-corrected chi connectivity index (χ3v) is 5.90. The zero-order valence-corrected chi connectivity index (χ0v) is 18.5. The van der Waals surface area contributed by atoms with E-state index in [9.17, 15) is 18.3 Å². The normalized spacial score (nSPS) is 18.5. The first-order chi connectivity index (χ1) is 14.8. The molecular formula is C23H26ClF3N4O. The number of phenols is 1. The van der Waals surface area contributed by atoms with Gasteiger partial charge < -0.3 is 15.3 Å². The average Bonchev–Trinajstić information content (AvgIpc) is 3.20. The molecular weight excluding hydrogens is 441 g/mol. The molecule has 1 heterocycles. The lowest BCUT2D eigenvalue weighted by atomic mass is 10.1. The molecule has 0 radical (unpaired) electrons. The molecule has 1 aromatic heterocycles. The van der Waals surface area contributed by atoms with Crippen molar-refractivity contribution in [3.8, 4) is 5.75 Å². The monoisotopic (exact) mass is 466 g/mol. The quantitative estimate of drug-likeness (QED) is 0.534. The van der Waals surface area contributed by atoms with E-state index in [-0.39, 0.29) is 29.8 Å². The zero-order chi connectivity index (χ0) is 22.0. The molecule has 172 valence electrons. The number of alkyl halides is 3. The minimum Gasteiger partial charge on any atom is -0.508 e. The first kappa shape index (κ1) is 24.1. The van der Waals surface area contributed by atoms with E-state index in [1.165, 1.54) is 12.4 Å². The van der Waals surface area contributed by atoms with Crippen LogP contribution in [0.3, 0.4) is 0 Å². The predicted molar refractivity (Wildman–Crippen MR) is 121 cm³/mol. The van der Waals surface area contributed by atoms with Crippen molar-refractivity contribution < 1.29 is 18.3 Å². The largest absolute Gasteiger partial charge is 0.508 e.